The smallest absolute Gasteiger partial charge is 0.238 e. The van der Waals surface area contributed by atoms with E-state index in [1.807, 2.05) is 0 Å². The van der Waals surface area contributed by atoms with Crippen molar-refractivity contribution in [1.29, 1.82) is 0 Å². The number of amides is 1. The zero-order chi connectivity index (χ0) is 14.7. The number of halogens is 1. The van der Waals surface area contributed by atoms with Crippen LogP contribution in [0.1, 0.15) is 33.1 Å². The van der Waals surface area contributed by atoms with Crippen molar-refractivity contribution in [3.05, 3.63) is 24.0 Å². The molecule has 1 aromatic carbocycles. The van der Waals surface area contributed by atoms with E-state index in [2.05, 4.69) is 24.1 Å². The molecule has 1 aromatic rings. The van der Waals surface area contributed by atoms with E-state index < -0.39 is 5.82 Å². The third-order valence-electron chi connectivity index (χ3n) is 3.98. The molecular weight excluding hydrogens is 257 g/mol. The molecule has 110 valence electrons. The first-order valence-corrected chi connectivity index (χ1v) is 7.08. The van der Waals surface area contributed by atoms with Gasteiger partial charge in [-0.1, -0.05) is 6.42 Å². The van der Waals surface area contributed by atoms with Crippen LogP contribution in [0, 0.1) is 5.82 Å². The number of benzene rings is 1. The molecule has 3 N–H and O–H groups in total. The van der Waals surface area contributed by atoms with Crippen LogP contribution < -0.4 is 11.1 Å². The minimum absolute atomic E-state index is 0.0440. The normalized spacial score (nSPS) is 23.6. The first kappa shape index (κ1) is 14.8. The third-order valence-corrected chi connectivity index (χ3v) is 3.98. The van der Waals surface area contributed by atoms with Gasteiger partial charge in [-0.15, -0.1) is 0 Å². The molecule has 1 aliphatic heterocycles. The maximum atomic E-state index is 13.1. The Bertz CT molecular complexity index is 482. The van der Waals surface area contributed by atoms with Crippen molar-refractivity contribution in [2.45, 2.75) is 45.2 Å². The molecule has 0 unspecified atom stereocenters. The van der Waals surface area contributed by atoms with Gasteiger partial charge in [-0.2, -0.15) is 0 Å². The molecule has 0 spiro atoms. The number of likely N-dealkylation sites (tertiary alicyclic amines) is 1. The molecule has 4 nitrogen and oxygen atoms in total. The topological polar surface area (TPSA) is 58.4 Å². The van der Waals surface area contributed by atoms with Gasteiger partial charge in [-0.3, -0.25) is 9.69 Å². The van der Waals surface area contributed by atoms with Crippen molar-refractivity contribution in [1.82, 2.24) is 4.90 Å². The van der Waals surface area contributed by atoms with Crippen molar-refractivity contribution < 1.29 is 9.18 Å². The van der Waals surface area contributed by atoms with Gasteiger partial charge in [-0.25, -0.2) is 4.39 Å². The standard InChI is InChI=1S/C15H22FN3O/c1-10-4-3-5-11(2)19(10)9-15(20)18-12-6-7-13(16)14(17)8-12/h6-8,10-11H,3-5,9,17H2,1-2H3,(H,18,20)/t10-,11+. The summed E-state index contributed by atoms with van der Waals surface area (Å²) in [6, 6.07) is 5.06. The van der Waals surface area contributed by atoms with E-state index in [1.54, 1.807) is 0 Å². The largest absolute Gasteiger partial charge is 0.396 e. The van der Waals surface area contributed by atoms with Crippen LogP contribution >= 0.6 is 0 Å². The molecule has 0 bridgehead atoms. The first-order valence-electron chi connectivity index (χ1n) is 7.08. The van der Waals surface area contributed by atoms with Gasteiger partial charge < -0.3 is 11.1 Å². The highest BCUT2D eigenvalue weighted by atomic mass is 19.1. The van der Waals surface area contributed by atoms with Crippen LogP contribution in [0.4, 0.5) is 15.8 Å². The molecule has 0 radical (unpaired) electrons. The molecule has 2 atom stereocenters. The second-order valence-corrected chi connectivity index (χ2v) is 5.59. The summed E-state index contributed by atoms with van der Waals surface area (Å²) in [6.45, 7) is 4.66. The zero-order valence-corrected chi connectivity index (χ0v) is 12.0. The van der Waals surface area contributed by atoms with Crippen LogP contribution in [0.25, 0.3) is 0 Å². The number of piperidine rings is 1. The number of hydrogen-bond donors (Lipinski definition) is 2. The fraction of sp³-hybridized carbons (Fsp3) is 0.533. The lowest BCUT2D eigenvalue weighted by Crippen LogP contribution is -2.47. The summed E-state index contributed by atoms with van der Waals surface area (Å²) in [7, 11) is 0. The predicted octanol–water partition coefficient (Wildman–Crippen LogP) is 2.61. The summed E-state index contributed by atoms with van der Waals surface area (Å²) >= 11 is 0. The maximum Gasteiger partial charge on any atom is 0.238 e. The number of rotatable bonds is 3. The lowest BCUT2D eigenvalue weighted by atomic mass is 9.97. The average molecular weight is 279 g/mol. The Morgan fingerprint density at radius 2 is 2.05 bits per heavy atom. The van der Waals surface area contributed by atoms with Crippen molar-refractivity contribution in [2.24, 2.45) is 0 Å². The number of hydrogen-bond acceptors (Lipinski definition) is 3. The number of nitrogens with two attached hydrogens (primary N) is 1. The van der Waals surface area contributed by atoms with E-state index in [0.29, 0.717) is 24.3 Å². The monoisotopic (exact) mass is 279 g/mol. The Labute approximate surface area is 119 Å². The number of carbonyl (C=O) groups excluding carboxylic acids is 1. The third kappa shape index (κ3) is 3.48. The number of carbonyl (C=O) groups is 1. The van der Waals surface area contributed by atoms with Crippen molar-refractivity contribution >= 4 is 17.3 Å². The molecular formula is C15H22FN3O. The highest BCUT2D eigenvalue weighted by molar-refractivity contribution is 5.92. The van der Waals surface area contributed by atoms with E-state index in [-0.39, 0.29) is 11.6 Å². The molecule has 0 aromatic heterocycles. The van der Waals surface area contributed by atoms with Gasteiger partial charge in [0.1, 0.15) is 5.82 Å². The summed E-state index contributed by atoms with van der Waals surface area (Å²) in [6.07, 6.45) is 3.47. The van der Waals surface area contributed by atoms with E-state index >= 15 is 0 Å². The van der Waals surface area contributed by atoms with Crippen LogP contribution in [-0.2, 0) is 4.79 Å². The van der Waals surface area contributed by atoms with Gasteiger partial charge in [0.25, 0.3) is 0 Å². The van der Waals surface area contributed by atoms with Crippen molar-refractivity contribution in [2.75, 3.05) is 17.6 Å². The molecule has 20 heavy (non-hydrogen) atoms. The fourth-order valence-corrected chi connectivity index (χ4v) is 2.77. The fourth-order valence-electron chi connectivity index (χ4n) is 2.77. The van der Waals surface area contributed by atoms with E-state index in [9.17, 15) is 9.18 Å². The van der Waals surface area contributed by atoms with Gasteiger partial charge in [-0.05, 0) is 44.9 Å². The van der Waals surface area contributed by atoms with Crippen molar-refractivity contribution in [3.8, 4) is 0 Å². The Balaban J connectivity index is 1.96. The summed E-state index contributed by atoms with van der Waals surface area (Å²) in [4.78, 5) is 14.3. The highest BCUT2D eigenvalue weighted by Crippen LogP contribution is 2.22. The molecule has 1 saturated heterocycles. The molecule has 5 heteroatoms. The first-order chi connectivity index (χ1) is 9.47. The molecule has 1 amide bonds. The zero-order valence-electron chi connectivity index (χ0n) is 12.0. The van der Waals surface area contributed by atoms with Gasteiger partial charge in [0.15, 0.2) is 0 Å². The van der Waals surface area contributed by atoms with Crippen LogP contribution in [0.15, 0.2) is 18.2 Å². The summed E-state index contributed by atoms with van der Waals surface area (Å²) in [5, 5.41) is 2.77. The maximum absolute atomic E-state index is 13.1. The second-order valence-electron chi connectivity index (χ2n) is 5.59. The van der Waals surface area contributed by atoms with Crippen LogP contribution in [0.2, 0.25) is 0 Å². The Morgan fingerprint density at radius 3 is 2.65 bits per heavy atom. The second kappa shape index (κ2) is 6.22. The highest BCUT2D eigenvalue weighted by Gasteiger charge is 2.26. The number of nitrogens with zero attached hydrogens (tertiary/aromatic N) is 1. The van der Waals surface area contributed by atoms with Gasteiger partial charge in [0.05, 0.1) is 12.2 Å². The lowest BCUT2D eigenvalue weighted by Gasteiger charge is -2.38. The SMILES string of the molecule is C[C@@H]1CCC[C@H](C)N1CC(=O)Nc1ccc(F)c(N)c1. The number of nitrogens with one attached hydrogen (secondary N) is 1. The quantitative estimate of drug-likeness (QED) is 0.836. The minimum atomic E-state index is -0.471. The van der Waals surface area contributed by atoms with Crippen LogP contribution in [-0.4, -0.2) is 29.4 Å². The number of nitrogen functional groups attached to an aromatic ring is 1. The average Bonchev–Trinajstić information content (AvgIpc) is 2.38. The summed E-state index contributed by atoms with van der Waals surface area (Å²) in [5.41, 5.74) is 6.07. The molecule has 0 aliphatic carbocycles. The van der Waals surface area contributed by atoms with Gasteiger partial charge in [0.2, 0.25) is 5.91 Å². The molecule has 1 heterocycles. The Morgan fingerprint density at radius 1 is 1.40 bits per heavy atom. The van der Waals surface area contributed by atoms with Crippen molar-refractivity contribution in [3.63, 3.8) is 0 Å². The van der Waals surface area contributed by atoms with E-state index in [4.69, 9.17) is 5.73 Å². The molecule has 1 fully saturated rings. The van der Waals surface area contributed by atoms with E-state index in [1.165, 1.54) is 24.6 Å². The van der Waals surface area contributed by atoms with Crippen LogP contribution in [0.3, 0.4) is 0 Å². The molecule has 2 rings (SSSR count). The van der Waals surface area contributed by atoms with Gasteiger partial charge in [0, 0.05) is 17.8 Å². The predicted molar refractivity (Wildman–Crippen MR) is 78.9 cm³/mol. The number of anilines is 2. The lowest BCUT2D eigenvalue weighted by molar-refractivity contribution is -0.118. The van der Waals surface area contributed by atoms with Gasteiger partial charge >= 0.3 is 0 Å². The Hall–Kier alpha value is -1.62. The molecule has 1 aliphatic rings. The van der Waals surface area contributed by atoms with E-state index in [0.717, 1.165) is 12.8 Å². The summed E-state index contributed by atoms with van der Waals surface area (Å²) in [5.74, 6) is -0.558. The van der Waals surface area contributed by atoms with Crippen LogP contribution in [0.5, 0.6) is 0 Å². The molecule has 0 saturated carbocycles. The Kier molecular flexibility index (Phi) is 4.60. The minimum Gasteiger partial charge on any atom is -0.396 e. The summed E-state index contributed by atoms with van der Waals surface area (Å²) < 4.78 is 13.1.